The maximum Gasteiger partial charge on any atom is 0.262 e. The molecule has 0 saturated heterocycles. The number of hydrogen-bond donors (Lipinski definition) is 1. The smallest absolute Gasteiger partial charge is 0.262 e. The molecule has 150 valence electrons. The van der Waals surface area contributed by atoms with Crippen LogP contribution in [0.1, 0.15) is 15.9 Å². The Morgan fingerprint density at radius 1 is 1.13 bits per heavy atom. The third kappa shape index (κ3) is 4.04. The van der Waals surface area contributed by atoms with Crippen molar-refractivity contribution in [2.24, 2.45) is 4.99 Å². The summed E-state index contributed by atoms with van der Waals surface area (Å²) in [6.07, 6.45) is 1.60. The van der Waals surface area contributed by atoms with E-state index in [0.29, 0.717) is 33.2 Å². The number of aryl methyl sites for hydroxylation is 1. The summed E-state index contributed by atoms with van der Waals surface area (Å²) in [5.41, 5.74) is 2.39. The van der Waals surface area contributed by atoms with Crippen LogP contribution in [0.5, 0.6) is 5.75 Å². The molecule has 0 unspecified atom stereocenters. The molecular formula is C23H18ClN3O3. The standard InChI is InChI=1S/C23H18ClN3O3/c1-14-9-10-16(13-18(14)24)26-23-17(22(28)27-20-8-3-4-11-25-20)12-15-6-5-7-19(29-2)21(15)30-23/h3-13H,1-2H3,(H,25,27,28). The number of nitrogens with one attached hydrogen (secondary N) is 1. The second-order valence-corrected chi connectivity index (χ2v) is 6.97. The highest BCUT2D eigenvalue weighted by Crippen LogP contribution is 2.26. The average Bonchev–Trinajstić information content (AvgIpc) is 2.76. The van der Waals surface area contributed by atoms with Crippen molar-refractivity contribution in [2.45, 2.75) is 6.92 Å². The van der Waals surface area contributed by atoms with E-state index in [1.165, 1.54) is 0 Å². The van der Waals surface area contributed by atoms with E-state index in [0.717, 1.165) is 5.56 Å². The number of halogens is 1. The highest BCUT2D eigenvalue weighted by atomic mass is 35.5. The summed E-state index contributed by atoms with van der Waals surface area (Å²) in [5, 5.41) is 4.06. The third-order valence-corrected chi connectivity index (χ3v) is 4.90. The molecule has 30 heavy (non-hydrogen) atoms. The van der Waals surface area contributed by atoms with Crippen molar-refractivity contribution in [3.8, 4) is 5.75 Å². The number of pyridine rings is 1. The number of hydrogen-bond acceptors (Lipinski definition) is 5. The van der Waals surface area contributed by atoms with Crippen LogP contribution in [0.4, 0.5) is 11.5 Å². The van der Waals surface area contributed by atoms with Crippen molar-refractivity contribution in [3.63, 3.8) is 0 Å². The molecule has 6 nitrogen and oxygen atoms in total. The van der Waals surface area contributed by atoms with Crippen molar-refractivity contribution in [1.82, 2.24) is 4.98 Å². The van der Waals surface area contributed by atoms with Gasteiger partial charge in [0, 0.05) is 16.6 Å². The Morgan fingerprint density at radius 3 is 2.73 bits per heavy atom. The molecule has 1 amide bonds. The number of methoxy groups -OCH3 is 1. The number of carbonyl (C=O) groups is 1. The number of ether oxygens (including phenoxy) is 1. The maximum atomic E-state index is 13.0. The highest BCUT2D eigenvalue weighted by Gasteiger charge is 2.15. The lowest BCUT2D eigenvalue weighted by molar-refractivity contribution is 0.102. The van der Waals surface area contributed by atoms with Gasteiger partial charge in [-0.1, -0.05) is 35.9 Å². The van der Waals surface area contributed by atoms with Crippen LogP contribution in [0.2, 0.25) is 5.02 Å². The van der Waals surface area contributed by atoms with Gasteiger partial charge in [-0.2, -0.15) is 0 Å². The van der Waals surface area contributed by atoms with Crippen LogP contribution in [0, 0.1) is 6.92 Å². The van der Waals surface area contributed by atoms with E-state index in [9.17, 15) is 4.79 Å². The maximum absolute atomic E-state index is 13.0. The monoisotopic (exact) mass is 419 g/mol. The topological polar surface area (TPSA) is 76.7 Å². The lowest BCUT2D eigenvalue weighted by atomic mass is 10.1. The van der Waals surface area contributed by atoms with Gasteiger partial charge in [0.25, 0.3) is 5.91 Å². The summed E-state index contributed by atoms with van der Waals surface area (Å²) in [6.45, 7) is 1.91. The molecule has 0 fully saturated rings. The zero-order valence-corrected chi connectivity index (χ0v) is 17.1. The minimum absolute atomic E-state index is 0.139. The Kier molecular flexibility index (Phi) is 5.50. The first-order chi connectivity index (χ1) is 14.5. The Bertz CT molecular complexity index is 1300. The number of para-hydroxylation sites is 1. The van der Waals surface area contributed by atoms with Crippen LogP contribution < -0.4 is 15.6 Å². The van der Waals surface area contributed by atoms with Gasteiger partial charge in [0.15, 0.2) is 11.3 Å². The fourth-order valence-corrected chi connectivity index (χ4v) is 3.09. The van der Waals surface area contributed by atoms with Gasteiger partial charge in [0.1, 0.15) is 11.4 Å². The number of nitrogens with zero attached hydrogens (tertiary/aromatic N) is 2. The summed E-state index contributed by atoms with van der Waals surface area (Å²) in [7, 11) is 1.56. The largest absolute Gasteiger partial charge is 0.493 e. The van der Waals surface area contributed by atoms with Gasteiger partial charge in [0.05, 0.1) is 12.8 Å². The van der Waals surface area contributed by atoms with Gasteiger partial charge in [-0.05, 0) is 48.9 Å². The van der Waals surface area contributed by atoms with E-state index in [4.69, 9.17) is 20.8 Å². The first-order valence-electron chi connectivity index (χ1n) is 9.19. The lowest BCUT2D eigenvalue weighted by Gasteiger charge is -2.08. The summed E-state index contributed by atoms with van der Waals surface area (Å²) in [6, 6.07) is 17.8. The molecule has 2 heterocycles. The van der Waals surface area contributed by atoms with E-state index < -0.39 is 0 Å². The van der Waals surface area contributed by atoms with Gasteiger partial charge >= 0.3 is 0 Å². The Morgan fingerprint density at radius 2 is 2.00 bits per heavy atom. The molecule has 0 aliphatic heterocycles. The van der Waals surface area contributed by atoms with E-state index in [-0.39, 0.29) is 17.0 Å². The van der Waals surface area contributed by atoms with E-state index in [2.05, 4.69) is 15.3 Å². The molecule has 1 N–H and O–H groups in total. The number of aromatic nitrogens is 1. The number of benzene rings is 2. The first-order valence-corrected chi connectivity index (χ1v) is 9.57. The van der Waals surface area contributed by atoms with Crippen LogP contribution in [0.25, 0.3) is 11.0 Å². The van der Waals surface area contributed by atoms with E-state index in [1.807, 2.05) is 31.2 Å². The number of anilines is 1. The second-order valence-electron chi connectivity index (χ2n) is 6.56. The Hall–Kier alpha value is -3.64. The fourth-order valence-electron chi connectivity index (χ4n) is 2.92. The second kappa shape index (κ2) is 8.39. The van der Waals surface area contributed by atoms with Crippen molar-refractivity contribution < 1.29 is 13.9 Å². The SMILES string of the molecule is COc1cccc2cc(C(=O)Nc3ccccn3)c(=Nc3ccc(C)c(Cl)c3)oc12. The summed E-state index contributed by atoms with van der Waals surface area (Å²) >= 11 is 6.23. The van der Waals surface area contributed by atoms with Gasteiger partial charge < -0.3 is 14.5 Å². The van der Waals surface area contributed by atoms with Gasteiger partial charge in [-0.3, -0.25) is 4.79 Å². The predicted molar refractivity (Wildman–Crippen MR) is 116 cm³/mol. The molecule has 0 bridgehead atoms. The zero-order valence-electron chi connectivity index (χ0n) is 16.3. The Labute approximate surface area is 177 Å². The number of rotatable bonds is 4. The van der Waals surface area contributed by atoms with Gasteiger partial charge in [0.2, 0.25) is 5.55 Å². The molecule has 0 spiro atoms. The number of amides is 1. The normalized spacial score (nSPS) is 11.5. The zero-order chi connectivity index (χ0) is 21.1. The first kappa shape index (κ1) is 19.7. The van der Waals surface area contributed by atoms with Crippen LogP contribution in [0.15, 0.2) is 76.3 Å². The summed E-state index contributed by atoms with van der Waals surface area (Å²) in [4.78, 5) is 21.7. The molecule has 7 heteroatoms. The molecule has 4 rings (SSSR count). The third-order valence-electron chi connectivity index (χ3n) is 4.50. The number of carbonyl (C=O) groups excluding carboxylic acids is 1. The van der Waals surface area contributed by atoms with E-state index in [1.54, 1.807) is 49.7 Å². The fraction of sp³-hybridized carbons (Fsp3) is 0.0870. The van der Waals surface area contributed by atoms with Crippen LogP contribution >= 0.6 is 11.6 Å². The highest BCUT2D eigenvalue weighted by molar-refractivity contribution is 6.31. The molecule has 0 atom stereocenters. The van der Waals surface area contributed by atoms with Crippen molar-refractivity contribution in [3.05, 3.63) is 88.6 Å². The molecule has 4 aromatic rings. The minimum Gasteiger partial charge on any atom is -0.493 e. The van der Waals surface area contributed by atoms with E-state index >= 15 is 0 Å². The Balaban J connectivity index is 1.90. The summed E-state index contributed by atoms with van der Waals surface area (Å²) in [5.74, 6) is 0.583. The molecule has 0 aliphatic rings. The van der Waals surface area contributed by atoms with Crippen molar-refractivity contribution in [2.75, 3.05) is 12.4 Å². The van der Waals surface area contributed by atoms with Crippen molar-refractivity contribution in [1.29, 1.82) is 0 Å². The van der Waals surface area contributed by atoms with Gasteiger partial charge in [-0.15, -0.1) is 0 Å². The molecule has 2 aromatic heterocycles. The predicted octanol–water partition coefficient (Wildman–Crippen LogP) is 5.28. The van der Waals surface area contributed by atoms with Crippen LogP contribution in [-0.4, -0.2) is 18.0 Å². The minimum atomic E-state index is -0.390. The van der Waals surface area contributed by atoms with Crippen LogP contribution in [0.3, 0.4) is 0 Å². The lowest BCUT2D eigenvalue weighted by Crippen LogP contribution is -2.22. The number of fused-ring (bicyclic) bond motifs is 1. The summed E-state index contributed by atoms with van der Waals surface area (Å²) < 4.78 is 11.4. The molecule has 2 aromatic carbocycles. The van der Waals surface area contributed by atoms with Crippen molar-refractivity contribution >= 4 is 40.0 Å². The quantitative estimate of drug-likeness (QED) is 0.488. The molecule has 0 aliphatic carbocycles. The molecule has 0 radical (unpaired) electrons. The average molecular weight is 420 g/mol. The molecule has 0 saturated carbocycles. The van der Waals surface area contributed by atoms with Gasteiger partial charge in [-0.25, -0.2) is 9.98 Å². The molecular weight excluding hydrogens is 402 g/mol. The van der Waals surface area contributed by atoms with Crippen LogP contribution in [-0.2, 0) is 0 Å².